The van der Waals surface area contributed by atoms with E-state index in [4.69, 9.17) is 4.74 Å². The summed E-state index contributed by atoms with van der Waals surface area (Å²) in [4.78, 5) is 12.0. The van der Waals surface area contributed by atoms with Gasteiger partial charge in [-0.3, -0.25) is 0 Å². The Morgan fingerprint density at radius 2 is 1.88 bits per heavy atom. The van der Waals surface area contributed by atoms with E-state index in [0.717, 1.165) is 3.58 Å². The second-order valence-corrected chi connectivity index (χ2v) is 13.1. The van der Waals surface area contributed by atoms with E-state index >= 15 is 0 Å². The summed E-state index contributed by atoms with van der Waals surface area (Å²) in [7, 11) is 0. The molecule has 0 N–H and O–H groups in total. The van der Waals surface area contributed by atoms with Gasteiger partial charge in [-0.15, -0.1) is 0 Å². The molecule has 0 amide bonds. The van der Waals surface area contributed by atoms with E-state index in [9.17, 15) is 4.79 Å². The van der Waals surface area contributed by atoms with Crippen LogP contribution in [-0.4, -0.2) is 37.1 Å². The summed E-state index contributed by atoms with van der Waals surface area (Å²) in [5, 5.41) is 2.01. The molecule has 5 heteroatoms. The predicted octanol–water partition coefficient (Wildman–Crippen LogP) is 2.65. The molecule has 1 aromatic heterocycles. The van der Waals surface area contributed by atoms with Crippen LogP contribution in [0.15, 0.2) is 5.38 Å². The Morgan fingerprint density at radius 3 is 2.35 bits per heavy atom. The zero-order valence-corrected chi connectivity index (χ0v) is 14.9. The van der Waals surface area contributed by atoms with E-state index in [2.05, 4.69) is 25.1 Å². The van der Waals surface area contributed by atoms with Crippen molar-refractivity contribution in [1.82, 2.24) is 4.37 Å². The third-order valence-electron chi connectivity index (χ3n) is 1.67. The minimum atomic E-state index is -0.809. The van der Waals surface area contributed by atoms with Gasteiger partial charge in [-0.2, -0.15) is 0 Å². The topological polar surface area (TPSA) is 39.2 Å². The first-order valence-electron chi connectivity index (χ1n) is 5.54. The molecule has 0 saturated heterocycles. The molecule has 0 unspecified atom stereocenters. The van der Waals surface area contributed by atoms with Gasteiger partial charge in [0.15, 0.2) is 0 Å². The number of hydrogen-bond acceptors (Lipinski definition) is 4. The Morgan fingerprint density at radius 1 is 1.29 bits per heavy atom. The first kappa shape index (κ1) is 15.0. The fourth-order valence-electron chi connectivity index (χ4n) is 1.20. The Kier molecular flexibility index (Phi) is 4.63. The maximum absolute atomic E-state index is 12.0. The normalized spacial score (nSPS) is 12.6. The summed E-state index contributed by atoms with van der Waals surface area (Å²) in [6.45, 7) is 12.3. The molecule has 0 aromatic carbocycles. The van der Waals surface area contributed by atoms with E-state index in [1.807, 2.05) is 26.2 Å². The fraction of sp³-hybridized carbons (Fsp3) is 0.667. The molecule has 1 heterocycles. The van der Waals surface area contributed by atoms with Crippen LogP contribution in [0.3, 0.4) is 0 Å². The number of carbonyl (C=O) groups is 1. The summed E-state index contributed by atoms with van der Waals surface area (Å²) in [6, 6.07) is 0. The van der Waals surface area contributed by atoms with Gasteiger partial charge in [0.2, 0.25) is 0 Å². The van der Waals surface area contributed by atoms with Gasteiger partial charge in [0.25, 0.3) is 0 Å². The molecule has 17 heavy (non-hydrogen) atoms. The van der Waals surface area contributed by atoms with Crippen molar-refractivity contribution in [2.24, 2.45) is 0 Å². The standard InChI is InChI=1S/C8H10NO2S.C4H9.Sn/c1-8(2,3)11-7(10)6-4-5-12-9-6;1-4(2)3;/h5H,1-3H3;1-3H3;. The fourth-order valence-corrected chi connectivity index (χ4v) is 6.09. The van der Waals surface area contributed by atoms with Crippen LogP contribution in [0.1, 0.15) is 52.0 Å². The maximum atomic E-state index is 12.0. The number of ether oxygens (including phenoxy) is 1. The molecule has 3 nitrogen and oxygen atoms in total. The van der Waals surface area contributed by atoms with Gasteiger partial charge in [0.1, 0.15) is 0 Å². The molecule has 0 bridgehead atoms. The summed E-state index contributed by atoms with van der Waals surface area (Å²) in [6.07, 6.45) is 0. The first-order valence-corrected chi connectivity index (χ1v) is 9.23. The van der Waals surface area contributed by atoms with Crippen LogP contribution >= 0.6 is 11.5 Å². The van der Waals surface area contributed by atoms with Crippen molar-refractivity contribution in [2.45, 2.75) is 50.6 Å². The van der Waals surface area contributed by atoms with Crippen molar-refractivity contribution < 1.29 is 9.53 Å². The van der Waals surface area contributed by atoms with Gasteiger partial charge in [0, 0.05) is 0 Å². The van der Waals surface area contributed by atoms with Crippen LogP contribution in [-0.2, 0) is 4.74 Å². The molecular formula is C12H19NO2SSn. The average Bonchev–Trinajstić information content (AvgIpc) is 2.45. The minimum absolute atomic E-state index is 0.279. The molecule has 0 spiro atoms. The van der Waals surface area contributed by atoms with Crippen molar-refractivity contribution >= 4 is 42.2 Å². The SMILES string of the molecule is CC(C)(C)OC(=O)c1nsc[c]1[Sn][C](C)(C)C. The van der Waals surface area contributed by atoms with Gasteiger partial charge in [0.05, 0.1) is 0 Å². The quantitative estimate of drug-likeness (QED) is 0.602. The molecule has 2 radical (unpaired) electrons. The third-order valence-corrected chi connectivity index (χ3v) is 6.89. The number of rotatable bonds is 2. The number of hydrogen-bond donors (Lipinski definition) is 0. The van der Waals surface area contributed by atoms with Crippen LogP contribution in [0, 0.1) is 0 Å². The molecule has 1 aromatic rings. The molecule has 0 fully saturated rings. The van der Waals surface area contributed by atoms with Gasteiger partial charge in [-0.1, -0.05) is 0 Å². The molecule has 0 aliphatic rings. The van der Waals surface area contributed by atoms with Crippen molar-refractivity contribution in [1.29, 1.82) is 0 Å². The van der Waals surface area contributed by atoms with Crippen molar-refractivity contribution in [3.63, 3.8) is 0 Å². The van der Waals surface area contributed by atoms with Crippen LogP contribution in [0.2, 0.25) is 3.43 Å². The first-order chi connectivity index (χ1) is 7.58. The van der Waals surface area contributed by atoms with Crippen LogP contribution < -0.4 is 3.58 Å². The molecule has 1 rings (SSSR count). The molecule has 0 aliphatic heterocycles. The summed E-state index contributed by atoms with van der Waals surface area (Å²) >= 11 is 0.544. The zero-order valence-electron chi connectivity index (χ0n) is 11.2. The van der Waals surface area contributed by atoms with Crippen molar-refractivity contribution in [2.75, 3.05) is 0 Å². The third kappa shape index (κ3) is 5.38. The Hall–Kier alpha value is -0.101. The van der Waals surface area contributed by atoms with E-state index in [1.165, 1.54) is 11.5 Å². The molecule has 0 atom stereocenters. The second-order valence-electron chi connectivity index (χ2n) is 5.95. The summed E-state index contributed by atoms with van der Waals surface area (Å²) in [5.74, 6) is -0.279. The molecular weight excluding hydrogens is 341 g/mol. The zero-order chi connectivity index (χ0) is 13.3. The average molecular weight is 360 g/mol. The summed E-state index contributed by atoms with van der Waals surface area (Å²) < 4.78 is 11.0. The second kappa shape index (κ2) is 5.26. The molecule has 94 valence electrons. The van der Waals surface area contributed by atoms with Crippen LogP contribution in [0.5, 0.6) is 0 Å². The van der Waals surface area contributed by atoms with E-state index in [-0.39, 0.29) is 5.97 Å². The van der Waals surface area contributed by atoms with Crippen LogP contribution in [0.25, 0.3) is 0 Å². The number of carbonyl (C=O) groups excluding carboxylic acids is 1. The van der Waals surface area contributed by atoms with E-state index < -0.39 is 26.7 Å². The van der Waals surface area contributed by atoms with Crippen molar-refractivity contribution in [3.05, 3.63) is 11.1 Å². The Labute approximate surface area is 117 Å². The monoisotopic (exact) mass is 361 g/mol. The van der Waals surface area contributed by atoms with E-state index in [0.29, 0.717) is 9.12 Å². The summed E-state index contributed by atoms with van der Waals surface area (Å²) in [5.41, 5.74) is 0.0940. The van der Waals surface area contributed by atoms with Crippen LogP contribution in [0.4, 0.5) is 0 Å². The van der Waals surface area contributed by atoms with Gasteiger partial charge in [-0.25, -0.2) is 0 Å². The number of esters is 1. The molecule has 0 saturated carbocycles. The Balaban J connectivity index is 2.85. The van der Waals surface area contributed by atoms with E-state index in [1.54, 1.807) is 0 Å². The Bertz CT molecular complexity index is 401. The number of aromatic nitrogens is 1. The van der Waals surface area contributed by atoms with Crippen molar-refractivity contribution in [3.8, 4) is 0 Å². The van der Waals surface area contributed by atoms with Gasteiger partial charge in [-0.05, 0) is 0 Å². The number of nitrogens with zero attached hydrogens (tertiary/aromatic N) is 1. The van der Waals surface area contributed by atoms with Gasteiger partial charge >= 0.3 is 118 Å². The predicted molar refractivity (Wildman–Crippen MR) is 72.4 cm³/mol. The van der Waals surface area contributed by atoms with Gasteiger partial charge < -0.3 is 0 Å². The molecule has 0 aliphatic carbocycles.